The lowest BCUT2D eigenvalue weighted by molar-refractivity contribution is 0.401. The topological polar surface area (TPSA) is 55.7 Å². The number of ether oxygens (including phenoxy) is 1. The zero-order valence-electron chi connectivity index (χ0n) is 10.5. The van der Waals surface area contributed by atoms with Crippen molar-refractivity contribution in [2.75, 3.05) is 7.11 Å². The van der Waals surface area contributed by atoms with Crippen molar-refractivity contribution < 1.29 is 4.74 Å². The molecule has 0 unspecified atom stereocenters. The zero-order valence-corrected chi connectivity index (χ0v) is 11.4. The summed E-state index contributed by atoms with van der Waals surface area (Å²) in [5.41, 5.74) is 3.54. The van der Waals surface area contributed by atoms with Crippen molar-refractivity contribution in [1.82, 2.24) is 19.5 Å². The predicted molar refractivity (Wildman–Crippen MR) is 75.3 cm³/mol. The number of H-pyrrole nitrogens is 1. The summed E-state index contributed by atoms with van der Waals surface area (Å²) < 4.78 is 7.69. The smallest absolute Gasteiger partial charge is 0.242 e. The van der Waals surface area contributed by atoms with E-state index in [2.05, 4.69) is 15.0 Å². The van der Waals surface area contributed by atoms with E-state index < -0.39 is 0 Å². The highest BCUT2D eigenvalue weighted by atomic mass is 32.1. The molecule has 96 valence electrons. The maximum Gasteiger partial charge on any atom is 0.242 e. The van der Waals surface area contributed by atoms with Gasteiger partial charge in [0, 0.05) is 0 Å². The van der Waals surface area contributed by atoms with Gasteiger partial charge in [0.2, 0.25) is 5.88 Å². The summed E-state index contributed by atoms with van der Waals surface area (Å²) in [4.78, 5) is 11.5. The van der Waals surface area contributed by atoms with Gasteiger partial charge in [-0.2, -0.15) is 4.98 Å². The third-order valence-electron chi connectivity index (χ3n) is 2.99. The number of hydrogen-bond donors (Lipinski definition) is 1. The number of hydrogen-bond acceptors (Lipinski definition) is 4. The Morgan fingerprint density at radius 3 is 2.79 bits per heavy atom. The van der Waals surface area contributed by atoms with Crippen molar-refractivity contribution in [2.45, 2.75) is 6.92 Å². The molecule has 0 radical (unpaired) electrons. The molecule has 1 N–H and O–H groups in total. The number of para-hydroxylation sites is 1. The first kappa shape index (κ1) is 11.9. The van der Waals surface area contributed by atoms with Crippen LogP contribution < -0.4 is 4.74 Å². The quantitative estimate of drug-likeness (QED) is 0.729. The molecule has 0 aliphatic rings. The summed E-state index contributed by atoms with van der Waals surface area (Å²) >= 11 is 5.39. The monoisotopic (exact) mass is 272 g/mol. The molecule has 0 atom stereocenters. The van der Waals surface area contributed by atoms with Crippen LogP contribution >= 0.6 is 12.2 Å². The minimum atomic E-state index is 0.489. The molecule has 3 rings (SSSR count). The van der Waals surface area contributed by atoms with Crippen LogP contribution in [0.4, 0.5) is 0 Å². The van der Waals surface area contributed by atoms with Crippen molar-refractivity contribution in [3.05, 3.63) is 40.9 Å². The van der Waals surface area contributed by atoms with E-state index in [1.54, 1.807) is 7.11 Å². The molecule has 1 aromatic carbocycles. The molecule has 3 aromatic rings. The van der Waals surface area contributed by atoms with Gasteiger partial charge in [-0.25, -0.2) is 4.98 Å². The number of methoxy groups -OCH3 is 1. The van der Waals surface area contributed by atoms with Crippen molar-refractivity contribution in [3.8, 4) is 11.6 Å². The zero-order chi connectivity index (χ0) is 13.4. The summed E-state index contributed by atoms with van der Waals surface area (Å²) in [5, 5.41) is 0. The van der Waals surface area contributed by atoms with Crippen molar-refractivity contribution >= 4 is 23.4 Å². The Bertz CT molecular complexity index is 806. The first-order valence-electron chi connectivity index (χ1n) is 5.78. The van der Waals surface area contributed by atoms with Crippen molar-refractivity contribution in [1.29, 1.82) is 0 Å². The van der Waals surface area contributed by atoms with E-state index in [-0.39, 0.29) is 0 Å². The minimum Gasteiger partial charge on any atom is -0.479 e. The molecule has 0 fully saturated rings. The van der Waals surface area contributed by atoms with Gasteiger partial charge < -0.3 is 9.72 Å². The summed E-state index contributed by atoms with van der Waals surface area (Å²) in [6.07, 6.45) is 1.47. The molecule has 6 heteroatoms. The Balaban J connectivity index is 2.40. The Hall–Kier alpha value is -2.21. The van der Waals surface area contributed by atoms with Crippen LogP contribution in [0.1, 0.15) is 5.56 Å². The van der Waals surface area contributed by atoms with Gasteiger partial charge in [-0.1, -0.05) is 18.2 Å². The molecule has 0 aliphatic carbocycles. The molecule has 19 heavy (non-hydrogen) atoms. The highest BCUT2D eigenvalue weighted by Gasteiger charge is 2.13. The van der Waals surface area contributed by atoms with E-state index in [0.717, 1.165) is 11.3 Å². The summed E-state index contributed by atoms with van der Waals surface area (Å²) in [6, 6.07) is 8.01. The summed E-state index contributed by atoms with van der Waals surface area (Å²) in [7, 11) is 1.57. The van der Waals surface area contributed by atoms with Gasteiger partial charge in [0.1, 0.15) is 11.8 Å². The molecule has 0 bridgehead atoms. The highest BCUT2D eigenvalue weighted by molar-refractivity contribution is 7.71. The number of nitrogens with zero attached hydrogens (tertiary/aromatic N) is 3. The fourth-order valence-electron chi connectivity index (χ4n) is 2.09. The second-order valence-corrected chi connectivity index (χ2v) is 4.52. The fraction of sp³-hybridized carbons (Fsp3) is 0.154. The van der Waals surface area contributed by atoms with Gasteiger partial charge in [0.05, 0.1) is 12.8 Å². The fourth-order valence-corrected chi connectivity index (χ4v) is 2.38. The Kier molecular flexibility index (Phi) is 2.79. The molecule has 5 nitrogen and oxygen atoms in total. The lowest BCUT2D eigenvalue weighted by Gasteiger charge is -2.07. The first-order chi connectivity index (χ1) is 9.22. The van der Waals surface area contributed by atoms with Crippen LogP contribution in [0.25, 0.3) is 16.9 Å². The number of aromatic amines is 1. The number of imidazole rings is 1. The third-order valence-corrected chi connectivity index (χ3v) is 3.27. The lowest BCUT2D eigenvalue weighted by atomic mass is 10.2. The van der Waals surface area contributed by atoms with E-state index >= 15 is 0 Å². The van der Waals surface area contributed by atoms with Crippen LogP contribution in [-0.4, -0.2) is 26.6 Å². The van der Waals surface area contributed by atoms with E-state index in [4.69, 9.17) is 17.0 Å². The third kappa shape index (κ3) is 1.80. The van der Waals surface area contributed by atoms with Crippen molar-refractivity contribution in [3.63, 3.8) is 0 Å². The van der Waals surface area contributed by atoms with Crippen LogP contribution in [0, 0.1) is 11.7 Å². The number of nitrogens with one attached hydrogen (secondary N) is 1. The predicted octanol–water partition coefficient (Wildman–Crippen LogP) is 2.80. The lowest BCUT2D eigenvalue weighted by Crippen LogP contribution is -1.98. The average Bonchev–Trinajstić information content (AvgIpc) is 2.75. The number of aryl methyl sites for hydroxylation is 1. The van der Waals surface area contributed by atoms with Crippen LogP contribution in [0.3, 0.4) is 0 Å². The standard InChI is InChI=1S/C13H12N4OS/c1-8-5-3-4-6-9(8)17-11-10(16-13(17)19)12(18-2)15-7-14-11/h3-7H,1-2H3,(H,16,19). The maximum atomic E-state index is 5.39. The highest BCUT2D eigenvalue weighted by Crippen LogP contribution is 2.24. The molecule has 2 aromatic heterocycles. The molecule has 0 saturated carbocycles. The van der Waals surface area contributed by atoms with E-state index in [0.29, 0.717) is 21.8 Å². The van der Waals surface area contributed by atoms with Crippen LogP contribution in [-0.2, 0) is 0 Å². The van der Waals surface area contributed by atoms with Gasteiger partial charge in [0.25, 0.3) is 0 Å². The Morgan fingerprint density at radius 1 is 1.26 bits per heavy atom. The Labute approximate surface area is 114 Å². The van der Waals surface area contributed by atoms with Crippen LogP contribution in [0.2, 0.25) is 0 Å². The second kappa shape index (κ2) is 4.47. The summed E-state index contributed by atoms with van der Waals surface area (Å²) in [6.45, 7) is 2.04. The van der Waals surface area contributed by atoms with E-state index in [1.165, 1.54) is 6.33 Å². The van der Waals surface area contributed by atoms with Gasteiger partial charge in [-0.05, 0) is 30.8 Å². The molecule has 0 spiro atoms. The molecule has 0 amide bonds. The number of aromatic nitrogens is 4. The van der Waals surface area contributed by atoms with E-state index in [9.17, 15) is 0 Å². The molecular weight excluding hydrogens is 260 g/mol. The van der Waals surface area contributed by atoms with Gasteiger partial charge in [0.15, 0.2) is 10.4 Å². The number of fused-ring (bicyclic) bond motifs is 1. The number of benzene rings is 1. The molecule has 2 heterocycles. The molecular formula is C13H12N4OS. The Morgan fingerprint density at radius 2 is 2.05 bits per heavy atom. The van der Waals surface area contributed by atoms with Crippen LogP contribution in [0.5, 0.6) is 5.88 Å². The molecule has 0 aliphatic heterocycles. The minimum absolute atomic E-state index is 0.489. The average molecular weight is 272 g/mol. The second-order valence-electron chi connectivity index (χ2n) is 4.13. The molecule has 0 saturated heterocycles. The number of rotatable bonds is 2. The van der Waals surface area contributed by atoms with Crippen molar-refractivity contribution in [2.24, 2.45) is 0 Å². The summed E-state index contributed by atoms with van der Waals surface area (Å²) in [5.74, 6) is 0.489. The maximum absolute atomic E-state index is 5.39. The largest absolute Gasteiger partial charge is 0.479 e. The van der Waals surface area contributed by atoms with Gasteiger partial charge in [-0.15, -0.1) is 0 Å². The SMILES string of the molecule is COc1ncnc2c1[nH]c(=S)n2-c1ccccc1C. The first-order valence-corrected chi connectivity index (χ1v) is 6.19. The van der Waals surface area contributed by atoms with Crippen LogP contribution in [0.15, 0.2) is 30.6 Å². The van der Waals surface area contributed by atoms with Gasteiger partial charge >= 0.3 is 0 Å². The van der Waals surface area contributed by atoms with Gasteiger partial charge in [-0.3, -0.25) is 4.57 Å². The normalized spacial score (nSPS) is 10.8. The van der Waals surface area contributed by atoms with E-state index in [1.807, 2.05) is 35.8 Å².